The van der Waals surface area contributed by atoms with Gasteiger partial charge in [0, 0.05) is 51.5 Å². The van der Waals surface area contributed by atoms with Gasteiger partial charge >= 0.3 is 0 Å². The van der Waals surface area contributed by atoms with Gasteiger partial charge in [-0.1, -0.05) is 30.3 Å². The van der Waals surface area contributed by atoms with Crippen LogP contribution in [0.1, 0.15) is 48.3 Å². The van der Waals surface area contributed by atoms with Crippen molar-refractivity contribution in [2.24, 2.45) is 0 Å². The summed E-state index contributed by atoms with van der Waals surface area (Å²) in [5.41, 5.74) is 3.08. The number of amides is 2. The van der Waals surface area contributed by atoms with Crippen LogP contribution in [-0.4, -0.2) is 58.3 Å². The van der Waals surface area contributed by atoms with Gasteiger partial charge in [0.05, 0.1) is 18.7 Å². The van der Waals surface area contributed by atoms with E-state index >= 15 is 0 Å². The van der Waals surface area contributed by atoms with Crippen LogP contribution in [-0.2, 0) is 29.0 Å². The Labute approximate surface area is 177 Å². The monoisotopic (exact) mass is 407 g/mol. The normalized spacial score (nSPS) is 18.7. The maximum Gasteiger partial charge on any atom is 0.227 e. The second-order valence-electron chi connectivity index (χ2n) is 8.14. The quantitative estimate of drug-likeness (QED) is 0.842. The van der Waals surface area contributed by atoms with Gasteiger partial charge in [0.25, 0.3) is 0 Å². The molecule has 2 aliphatic rings. The molecule has 2 aromatic rings. The molecule has 2 amide bonds. The van der Waals surface area contributed by atoms with Gasteiger partial charge in [-0.15, -0.1) is 0 Å². The molecule has 1 saturated heterocycles. The first-order chi connectivity index (χ1) is 14.5. The molecule has 1 aromatic carbocycles. The highest BCUT2D eigenvalue weighted by atomic mass is 16.2. The molecule has 30 heavy (non-hydrogen) atoms. The third-order valence-corrected chi connectivity index (χ3v) is 6.10. The van der Waals surface area contributed by atoms with Gasteiger partial charge in [-0.3, -0.25) is 9.59 Å². The van der Waals surface area contributed by atoms with E-state index < -0.39 is 0 Å². The minimum Gasteiger partial charge on any atom is -0.373 e. The number of aromatic nitrogens is 2. The van der Waals surface area contributed by atoms with Crippen molar-refractivity contribution in [2.75, 3.05) is 32.0 Å². The van der Waals surface area contributed by atoms with Crippen LogP contribution in [0, 0.1) is 0 Å². The van der Waals surface area contributed by atoms with Gasteiger partial charge in [0.1, 0.15) is 11.6 Å². The predicted molar refractivity (Wildman–Crippen MR) is 115 cm³/mol. The smallest absolute Gasteiger partial charge is 0.227 e. The lowest BCUT2D eigenvalue weighted by molar-refractivity contribution is -0.131. The lowest BCUT2D eigenvalue weighted by atomic mass is 9.95. The van der Waals surface area contributed by atoms with Crippen molar-refractivity contribution in [3.63, 3.8) is 0 Å². The summed E-state index contributed by atoms with van der Waals surface area (Å²) in [5, 5.41) is 3.19. The van der Waals surface area contributed by atoms with Crippen LogP contribution in [0.15, 0.2) is 30.3 Å². The second-order valence-corrected chi connectivity index (χ2v) is 8.14. The van der Waals surface area contributed by atoms with Gasteiger partial charge in [-0.2, -0.15) is 0 Å². The molecule has 7 heteroatoms. The SMILES string of the molecule is CNc1nc(C2CCCN(C(=O)Cc3ccccc3)C2)nc2c1CN(C(C)=O)CC2. The Hall–Kier alpha value is -2.96. The lowest BCUT2D eigenvalue weighted by Crippen LogP contribution is -2.41. The van der Waals surface area contributed by atoms with Crippen LogP contribution >= 0.6 is 0 Å². The number of carbonyl (C=O) groups excluding carboxylic acids is 2. The van der Waals surface area contributed by atoms with E-state index in [1.165, 1.54) is 0 Å². The molecule has 2 aliphatic heterocycles. The number of anilines is 1. The van der Waals surface area contributed by atoms with E-state index in [0.717, 1.165) is 54.3 Å². The van der Waals surface area contributed by atoms with Crippen LogP contribution in [0.25, 0.3) is 0 Å². The van der Waals surface area contributed by atoms with Crippen molar-refractivity contribution >= 4 is 17.6 Å². The van der Waals surface area contributed by atoms with Crippen molar-refractivity contribution in [3.8, 4) is 0 Å². The number of hydrogen-bond donors (Lipinski definition) is 1. The van der Waals surface area contributed by atoms with E-state index in [9.17, 15) is 9.59 Å². The van der Waals surface area contributed by atoms with Crippen LogP contribution in [0.3, 0.4) is 0 Å². The second kappa shape index (κ2) is 8.81. The topological polar surface area (TPSA) is 78.4 Å². The zero-order chi connectivity index (χ0) is 21.1. The van der Waals surface area contributed by atoms with Crippen molar-refractivity contribution < 1.29 is 9.59 Å². The third kappa shape index (κ3) is 4.30. The third-order valence-electron chi connectivity index (χ3n) is 6.10. The maximum absolute atomic E-state index is 12.8. The molecular weight excluding hydrogens is 378 g/mol. The lowest BCUT2D eigenvalue weighted by Gasteiger charge is -2.33. The Morgan fingerprint density at radius 1 is 1.13 bits per heavy atom. The fourth-order valence-electron chi connectivity index (χ4n) is 4.39. The van der Waals surface area contributed by atoms with E-state index in [4.69, 9.17) is 9.97 Å². The van der Waals surface area contributed by atoms with Crippen LogP contribution < -0.4 is 5.32 Å². The van der Waals surface area contributed by atoms with E-state index in [2.05, 4.69) is 5.32 Å². The van der Waals surface area contributed by atoms with Crippen LogP contribution in [0.4, 0.5) is 5.82 Å². The minimum absolute atomic E-state index is 0.0756. The summed E-state index contributed by atoms with van der Waals surface area (Å²) in [7, 11) is 1.86. The molecule has 1 aromatic heterocycles. The summed E-state index contributed by atoms with van der Waals surface area (Å²) in [6, 6.07) is 9.89. The van der Waals surface area contributed by atoms with E-state index in [1.54, 1.807) is 6.92 Å². The van der Waals surface area contributed by atoms with Gasteiger partial charge in [0.2, 0.25) is 11.8 Å². The number of nitrogens with zero attached hydrogens (tertiary/aromatic N) is 4. The highest BCUT2D eigenvalue weighted by molar-refractivity contribution is 5.79. The summed E-state index contributed by atoms with van der Waals surface area (Å²) in [6.07, 6.45) is 3.11. The molecule has 1 atom stereocenters. The summed E-state index contributed by atoms with van der Waals surface area (Å²) in [4.78, 5) is 38.1. The first-order valence-corrected chi connectivity index (χ1v) is 10.7. The summed E-state index contributed by atoms with van der Waals surface area (Å²) >= 11 is 0. The zero-order valence-electron chi connectivity index (χ0n) is 17.7. The molecule has 1 fully saturated rings. The number of nitrogens with one attached hydrogen (secondary N) is 1. The zero-order valence-corrected chi connectivity index (χ0v) is 17.7. The van der Waals surface area contributed by atoms with Gasteiger partial charge in [-0.05, 0) is 18.4 Å². The number of fused-ring (bicyclic) bond motifs is 1. The molecule has 0 radical (unpaired) electrons. The van der Waals surface area contributed by atoms with E-state index in [-0.39, 0.29) is 17.7 Å². The number of likely N-dealkylation sites (tertiary alicyclic amines) is 1. The number of rotatable bonds is 4. The van der Waals surface area contributed by atoms with Gasteiger partial charge in [-0.25, -0.2) is 9.97 Å². The van der Waals surface area contributed by atoms with E-state index in [1.807, 2.05) is 47.2 Å². The average molecular weight is 408 g/mol. The number of carbonyl (C=O) groups is 2. The highest BCUT2D eigenvalue weighted by Gasteiger charge is 2.29. The molecule has 3 heterocycles. The van der Waals surface area contributed by atoms with Gasteiger partial charge < -0.3 is 15.1 Å². The maximum atomic E-state index is 12.8. The highest BCUT2D eigenvalue weighted by Crippen LogP contribution is 2.30. The van der Waals surface area contributed by atoms with Crippen LogP contribution in [0.5, 0.6) is 0 Å². The Morgan fingerprint density at radius 3 is 2.67 bits per heavy atom. The summed E-state index contributed by atoms with van der Waals surface area (Å²) in [6.45, 7) is 4.29. The Bertz CT molecular complexity index is 913. The molecule has 4 rings (SSSR count). The van der Waals surface area contributed by atoms with Gasteiger partial charge in [0.15, 0.2) is 0 Å². The summed E-state index contributed by atoms with van der Waals surface area (Å²) in [5.74, 6) is 1.99. The molecule has 1 N–H and O–H groups in total. The average Bonchev–Trinajstić information content (AvgIpc) is 2.78. The molecule has 0 saturated carbocycles. The molecule has 1 unspecified atom stereocenters. The Kier molecular flexibility index (Phi) is 5.97. The Morgan fingerprint density at radius 2 is 1.93 bits per heavy atom. The Balaban J connectivity index is 1.51. The molecule has 0 bridgehead atoms. The standard InChI is InChI=1S/C23H29N5O2/c1-16(29)27-12-10-20-19(15-27)23(24-2)26-22(25-20)18-9-6-11-28(14-18)21(30)13-17-7-4-3-5-8-17/h3-5,7-8,18H,6,9-15H2,1-2H3,(H,24,25,26). The largest absolute Gasteiger partial charge is 0.373 e. The van der Waals surface area contributed by atoms with Crippen molar-refractivity contribution in [1.29, 1.82) is 0 Å². The number of piperidine rings is 1. The van der Waals surface area contributed by atoms with Crippen molar-refractivity contribution in [3.05, 3.63) is 53.0 Å². The van der Waals surface area contributed by atoms with Crippen LogP contribution in [0.2, 0.25) is 0 Å². The van der Waals surface area contributed by atoms with Crippen molar-refractivity contribution in [1.82, 2.24) is 19.8 Å². The van der Waals surface area contributed by atoms with E-state index in [0.29, 0.717) is 26.1 Å². The first-order valence-electron chi connectivity index (χ1n) is 10.7. The fraction of sp³-hybridized carbons (Fsp3) is 0.478. The molecule has 0 aliphatic carbocycles. The summed E-state index contributed by atoms with van der Waals surface area (Å²) < 4.78 is 0. The predicted octanol–water partition coefficient (Wildman–Crippen LogP) is 2.37. The fourth-order valence-corrected chi connectivity index (χ4v) is 4.39. The number of hydrogen-bond acceptors (Lipinski definition) is 5. The first kappa shape index (κ1) is 20.3. The number of benzene rings is 1. The molecule has 0 spiro atoms. The molecular formula is C23H29N5O2. The molecule has 7 nitrogen and oxygen atoms in total. The van der Waals surface area contributed by atoms with Crippen molar-refractivity contribution in [2.45, 2.75) is 45.1 Å². The molecule has 158 valence electrons. The minimum atomic E-state index is 0.0756.